The fourth-order valence-electron chi connectivity index (χ4n) is 2.99. The number of anilines is 1. The predicted molar refractivity (Wildman–Crippen MR) is 136 cm³/mol. The number of methoxy groups -OCH3 is 1. The molecule has 8 nitrogen and oxygen atoms in total. The zero-order valence-corrected chi connectivity index (χ0v) is 20.5. The highest BCUT2D eigenvalue weighted by Crippen LogP contribution is 2.36. The molecule has 0 aliphatic rings. The standard InChI is InChI=1S/C26H23BrN4O4/c1-34-23-14-20(13-22(27)26(23)35-17-19-9-7-18(15-28)8-10-19)16-29-31-25(33)12-11-24(32)30-21-5-3-2-4-6-21/h2-10,13-14,16H,11-12,17H2,1H3,(H,30,32)(H,31,33). The summed E-state index contributed by atoms with van der Waals surface area (Å²) in [6.07, 6.45) is 1.52. The van der Waals surface area contributed by atoms with Crippen LogP contribution in [0, 0.1) is 11.3 Å². The fraction of sp³-hybridized carbons (Fsp3) is 0.154. The van der Waals surface area contributed by atoms with Gasteiger partial charge >= 0.3 is 0 Å². The Labute approximate surface area is 211 Å². The summed E-state index contributed by atoms with van der Waals surface area (Å²) in [5.74, 6) is 0.374. The van der Waals surface area contributed by atoms with E-state index in [4.69, 9.17) is 14.7 Å². The Hall–Kier alpha value is -4.16. The van der Waals surface area contributed by atoms with E-state index in [0.717, 1.165) is 5.56 Å². The van der Waals surface area contributed by atoms with E-state index >= 15 is 0 Å². The molecule has 9 heteroatoms. The number of rotatable bonds is 10. The molecule has 35 heavy (non-hydrogen) atoms. The smallest absolute Gasteiger partial charge is 0.240 e. The van der Waals surface area contributed by atoms with Crippen LogP contribution in [-0.2, 0) is 16.2 Å². The van der Waals surface area contributed by atoms with Gasteiger partial charge in [-0.3, -0.25) is 9.59 Å². The Morgan fingerprint density at radius 2 is 1.77 bits per heavy atom. The largest absolute Gasteiger partial charge is 0.493 e. The van der Waals surface area contributed by atoms with E-state index in [9.17, 15) is 9.59 Å². The highest BCUT2D eigenvalue weighted by atomic mass is 79.9. The van der Waals surface area contributed by atoms with Crippen molar-refractivity contribution in [1.29, 1.82) is 5.26 Å². The number of amides is 2. The normalized spacial score (nSPS) is 10.4. The molecule has 0 heterocycles. The van der Waals surface area contributed by atoms with Crippen molar-refractivity contribution in [3.8, 4) is 17.6 Å². The summed E-state index contributed by atoms with van der Waals surface area (Å²) in [5, 5.41) is 15.6. The number of carbonyl (C=O) groups is 2. The lowest BCUT2D eigenvalue weighted by atomic mass is 10.1. The van der Waals surface area contributed by atoms with Gasteiger partial charge in [0, 0.05) is 18.5 Å². The Morgan fingerprint density at radius 1 is 1.06 bits per heavy atom. The molecule has 3 rings (SSSR count). The molecule has 2 N–H and O–H groups in total. The lowest BCUT2D eigenvalue weighted by Gasteiger charge is -2.13. The molecule has 0 saturated heterocycles. The van der Waals surface area contributed by atoms with Crippen molar-refractivity contribution < 1.29 is 19.1 Å². The molecule has 178 valence electrons. The van der Waals surface area contributed by atoms with Gasteiger partial charge in [0.05, 0.1) is 29.4 Å². The number of hydrogen-bond donors (Lipinski definition) is 2. The van der Waals surface area contributed by atoms with Crippen molar-refractivity contribution >= 4 is 39.6 Å². The molecular weight excluding hydrogens is 512 g/mol. The molecule has 0 saturated carbocycles. The molecule has 0 radical (unpaired) electrons. The number of nitrogens with one attached hydrogen (secondary N) is 2. The maximum absolute atomic E-state index is 12.0. The zero-order valence-electron chi connectivity index (χ0n) is 19.0. The first-order chi connectivity index (χ1) is 17.0. The molecule has 0 aromatic heterocycles. The number of carbonyl (C=O) groups excluding carboxylic acids is 2. The van der Waals surface area contributed by atoms with Crippen LogP contribution in [0.4, 0.5) is 5.69 Å². The van der Waals surface area contributed by atoms with Crippen LogP contribution < -0.4 is 20.2 Å². The lowest BCUT2D eigenvalue weighted by Crippen LogP contribution is -2.20. The zero-order chi connectivity index (χ0) is 25.0. The molecule has 0 atom stereocenters. The van der Waals surface area contributed by atoms with Gasteiger partial charge in [0.15, 0.2) is 11.5 Å². The van der Waals surface area contributed by atoms with E-state index in [1.807, 2.05) is 30.3 Å². The van der Waals surface area contributed by atoms with Gasteiger partial charge in [-0.1, -0.05) is 30.3 Å². The number of ether oxygens (including phenoxy) is 2. The van der Waals surface area contributed by atoms with Crippen LogP contribution in [0.3, 0.4) is 0 Å². The molecule has 0 spiro atoms. The van der Waals surface area contributed by atoms with E-state index in [-0.39, 0.29) is 24.7 Å². The summed E-state index contributed by atoms with van der Waals surface area (Å²) in [7, 11) is 1.53. The van der Waals surface area contributed by atoms with Gasteiger partial charge in [-0.25, -0.2) is 5.43 Å². The van der Waals surface area contributed by atoms with Crippen LogP contribution in [0.25, 0.3) is 0 Å². The minimum absolute atomic E-state index is 0.00511. The monoisotopic (exact) mass is 534 g/mol. The third kappa shape index (κ3) is 7.98. The second-order valence-electron chi connectivity index (χ2n) is 7.34. The summed E-state index contributed by atoms with van der Waals surface area (Å²) < 4.78 is 12.0. The van der Waals surface area contributed by atoms with Gasteiger partial charge < -0.3 is 14.8 Å². The van der Waals surface area contributed by atoms with E-state index in [0.29, 0.717) is 39.4 Å². The number of halogens is 1. The molecule has 0 aliphatic carbocycles. The van der Waals surface area contributed by atoms with Crippen LogP contribution in [0.1, 0.15) is 29.5 Å². The quantitative estimate of drug-likeness (QED) is 0.287. The number of hydrazone groups is 1. The number of nitrogens with zero attached hydrogens (tertiary/aromatic N) is 2. The summed E-state index contributed by atoms with van der Waals surface area (Å²) in [6, 6.07) is 21.7. The van der Waals surface area contributed by atoms with Crippen LogP contribution >= 0.6 is 15.9 Å². The van der Waals surface area contributed by atoms with Crippen LogP contribution in [0.5, 0.6) is 11.5 Å². The number of nitriles is 1. The first kappa shape index (κ1) is 25.5. The maximum Gasteiger partial charge on any atom is 0.240 e. The molecule has 2 amide bonds. The van der Waals surface area contributed by atoms with Crippen LogP contribution in [0.15, 0.2) is 76.3 Å². The maximum atomic E-state index is 12.0. The first-order valence-electron chi connectivity index (χ1n) is 10.6. The summed E-state index contributed by atoms with van der Waals surface area (Å²) >= 11 is 3.48. The molecule has 0 fully saturated rings. The van der Waals surface area contributed by atoms with Gasteiger partial charge in [-0.2, -0.15) is 10.4 Å². The Balaban J connectivity index is 1.52. The molecular formula is C26H23BrN4O4. The average Bonchev–Trinajstić information content (AvgIpc) is 2.87. The second-order valence-corrected chi connectivity index (χ2v) is 8.19. The highest BCUT2D eigenvalue weighted by Gasteiger charge is 2.12. The first-order valence-corrected chi connectivity index (χ1v) is 11.4. The minimum Gasteiger partial charge on any atom is -0.493 e. The topological polar surface area (TPSA) is 113 Å². The predicted octanol–water partition coefficient (Wildman–Crippen LogP) is 4.78. The number of benzene rings is 3. The summed E-state index contributed by atoms with van der Waals surface area (Å²) in [4.78, 5) is 24.0. The van der Waals surface area contributed by atoms with E-state index < -0.39 is 0 Å². The van der Waals surface area contributed by atoms with Crippen LogP contribution in [0.2, 0.25) is 0 Å². The van der Waals surface area contributed by atoms with Crippen molar-refractivity contribution in [3.63, 3.8) is 0 Å². The Kier molecular flexibility index (Phi) is 9.39. The molecule has 0 aliphatic heterocycles. The average molecular weight is 535 g/mol. The molecule has 0 bridgehead atoms. The lowest BCUT2D eigenvalue weighted by molar-refractivity contribution is -0.124. The van der Waals surface area contributed by atoms with Crippen molar-refractivity contribution in [1.82, 2.24) is 5.43 Å². The highest BCUT2D eigenvalue weighted by molar-refractivity contribution is 9.10. The Morgan fingerprint density at radius 3 is 2.46 bits per heavy atom. The van der Waals surface area contributed by atoms with E-state index in [1.54, 1.807) is 36.4 Å². The van der Waals surface area contributed by atoms with Crippen molar-refractivity contribution in [3.05, 3.63) is 87.9 Å². The number of para-hydroxylation sites is 1. The van der Waals surface area contributed by atoms with Crippen molar-refractivity contribution in [2.75, 3.05) is 12.4 Å². The summed E-state index contributed by atoms with van der Waals surface area (Å²) in [5.41, 5.74) is 5.25. The van der Waals surface area contributed by atoms with Crippen molar-refractivity contribution in [2.24, 2.45) is 5.10 Å². The SMILES string of the molecule is COc1cc(C=NNC(=O)CCC(=O)Nc2ccccc2)cc(Br)c1OCc1ccc(C#N)cc1. The van der Waals surface area contributed by atoms with E-state index in [1.165, 1.54) is 13.3 Å². The van der Waals surface area contributed by atoms with Gasteiger partial charge in [-0.15, -0.1) is 0 Å². The fourth-order valence-corrected chi connectivity index (χ4v) is 3.57. The van der Waals surface area contributed by atoms with Crippen molar-refractivity contribution in [2.45, 2.75) is 19.4 Å². The molecule has 0 unspecified atom stereocenters. The van der Waals surface area contributed by atoms with Gasteiger partial charge in [0.2, 0.25) is 11.8 Å². The third-order valence-electron chi connectivity index (χ3n) is 4.76. The van der Waals surface area contributed by atoms with E-state index in [2.05, 4.69) is 37.8 Å². The minimum atomic E-state index is -0.377. The molecule has 3 aromatic carbocycles. The van der Waals surface area contributed by atoms with Gasteiger partial charge in [-0.05, 0) is 63.5 Å². The van der Waals surface area contributed by atoms with Gasteiger partial charge in [0.1, 0.15) is 6.61 Å². The molecule has 3 aromatic rings. The van der Waals surface area contributed by atoms with Gasteiger partial charge in [0.25, 0.3) is 0 Å². The third-order valence-corrected chi connectivity index (χ3v) is 5.35. The summed E-state index contributed by atoms with van der Waals surface area (Å²) in [6.45, 7) is 0.294. The second kappa shape index (κ2) is 12.9. The van der Waals surface area contributed by atoms with Crippen LogP contribution in [-0.4, -0.2) is 25.1 Å². The Bertz CT molecular complexity index is 1240. The number of hydrogen-bond acceptors (Lipinski definition) is 6.